The van der Waals surface area contributed by atoms with Gasteiger partial charge in [-0.25, -0.2) is 0 Å². The third-order valence-electron chi connectivity index (χ3n) is 4.48. The molecule has 0 amide bonds. The molecule has 0 saturated carbocycles. The van der Waals surface area contributed by atoms with Crippen molar-refractivity contribution in [2.45, 2.75) is 25.9 Å². The van der Waals surface area contributed by atoms with E-state index >= 15 is 0 Å². The Hall–Kier alpha value is -3.08. The first-order chi connectivity index (χ1) is 13.2. The Bertz CT molecular complexity index is 853. The lowest BCUT2D eigenvalue weighted by Gasteiger charge is -2.17. The number of nitrogens with zero attached hydrogens (tertiary/aromatic N) is 1. The zero-order valence-corrected chi connectivity index (χ0v) is 15.6. The van der Waals surface area contributed by atoms with E-state index in [0.29, 0.717) is 13.0 Å². The van der Waals surface area contributed by atoms with Crippen LogP contribution in [-0.2, 0) is 27.4 Å². The molecule has 140 valence electrons. The summed E-state index contributed by atoms with van der Waals surface area (Å²) in [4.78, 5) is 16.2. The number of hydrogen-bond acceptors (Lipinski definition) is 5. The number of fused-ring (bicyclic) bond motifs is 1. The summed E-state index contributed by atoms with van der Waals surface area (Å²) in [7, 11) is 2.94. The molecule has 0 atom stereocenters. The van der Waals surface area contributed by atoms with Crippen molar-refractivity contribution in [2.24, 2.45) is 5.16 Å². The number of hydrogen-bond donors (Lipinski definition) is 0. The second-order valence-corrected chi connectivity index (χ2v) is 6.36. The van der Waals surface area contributed by atoms with Crippen molar-refractivity contribution in [2.75, 3.05) is 14.2 Å². The summed E-state index contributed by atoms with van der Waals surface area (Å²) in [5, 5.41) is 3.74. The highest BCUT2D eigenvalue weighted by Crippen LogP contribution is 2.29. The highest BCUT2D eigenvalue weighted by Gasteiger charge is 2.14. The number of methoxy groups -OCH3 is 1. The molecular weight excluding hydrogens is 342 g/mol. The van der Waals surface area contributed by atoms with Gasteiger partial charge in [0.05, 0.1) is 19.7 Å². The zero-order valence-electron chi connectivity index (χ0n) is 15.6. The summed E-state index contributed by atoms with van der Waals surface area (Å²) < 4.78 is 10.7. The molecule has 3 rings (SSSR count). The van der Waals surface area contributed by atoms with Crippen LogP contribution in [0, 0.1) is 0 Å². The molecule has 0 N–H and O–H groups in total. The van der Waals surface area contributed by atoms with E-state index in [1.807, 2.05) is 36.4 Å². The molecule has 0 aliphatic heterocycles. The largest absolute Gasteiger partial charge is 0.489 e. The predicted molar refractivity (Wildman–Crippen MR) is 105 cm³/mol. The number of esters is 1. The van der Waals surface area contributed by atoms with Gasteiger partial charge in [0.2, 0.25) is 0 Å². The van der Waals surface area contributed by atoms with Crippen molar-refractivity contribution in [1.29, 1.82) is 0 Å². The summed E-state index contributed by atoms with van der Waals surface area (Å²) >= 11 is 0. The quantitative estimate of drug-likeness (QED) is 0.420. The molecule has 0 aromatic heterocycles. The Morgan fingerprint density at radius 3 is 2.67 bits per heavy atom. The molecule has 0 bridgehead atoms. The topological polar surface area (TPSA) is 57.1 Å². The standard InChI is InChI=1S/C22H23NO4/c1-25-22(24)12-18-7-8-19-9-10-21(13-20(19)11-18)27-15-17-5-3-16(4-6-17)14-23-26-2/h3-6,9-11,13-14H,7-8,12,15H2,1-2H3/b23-14+. The third kappa shape index (κ3) is 5.20. The van der Waals surface area contributed by atoms with E-state index in [1.54, 1.807) is 6.21 Å². The number of ether oxygens (including phenoxy) is 2. The smallest absolute Gasteiger partial charge is 0.309 e. The van der Waals surface area contributed by atoms with Crippen molar-refractivity contribution < 1.29 is 19.1 Å². The van der Waals surface area contributed by atoms with Gasteiger partial charge in [0.1, 0.15) is 19.5 Å². The van der Waals surface area contributed by atoms with Crippen LogP contribution in [0.4, 0.5) is 0 Å². The Morgan fingerprint density at radius 1 is 1.11 bits per heavy atom. The number of carbonyl (C=O) groups excluding carboxylic acids is 1. The SMILES string of the molecule is CO/N=C/c1ccc(COc2ccc3c(c2)C=C(CC(=O)OC)CC3)cc1. The van der Waals surface area contributed by atoms with E-state index in [4.69, 9.17) is 9.47 Å². The molecule has 1 aliphatic rings. The molecular formula is C22H23NO4. The fourth-order valence-corrected chi connectivity index (χ4v) is 2.99. The molecule has 0 saturated heterocycles. The van der Waals surface area contributed by atoms with E-state index in [2.05, 4.69) is 22.1 Å². The van der Waals surface area contributed by atoms with Crippen molar-refractivity contribution in [3.63, 3.8) is 0 Å². The van der Waals surface area contributed by atoms with Gasteiger partial charge >= 0.3 is 5.97 Å². The predicted octanol–water partition coefficient (Wildman–Crippen LogP) is 4.14. The van der Waals surface area contributed by atoms with Gasteiger partial charge in [-0.1, -0.05) is 47.1 Å². The fourth-order valence-electron chi connectivity index (χ4n) is 2.99. The van der Waals surface area contributed by atoms with Crippen LogP contribution in [0.5, 0.6) is 5.75 Å². The lowest BCUT2D eigenvalue weighted by molar-refractivity contribution is -0.139. The van der Waals surface area contributed by atoms with E-state index in [-0.39, 0.29) is 5.97 Å². The molecule has 27 heavy (non-hydrogen) atoms. The lowest BCUT2D eigenvalue weighted by atomic mass is 9.90. The zero-order chi connectivity index (χ0) is 19.1. The highest BCUT2D eigenvalue weighted by atomic mass is 16.6. The van der Waals surface area contributed by atoms with E-state index < -0.39 is 0 Å². The van der Waals surface area contributed by atoms with Gasteiger partial charge < -0.3 is 14.3 Å². The van der Waals surface area contributed by atoms with Gasteiger partial charge in [0, 0.05) is 0 Å². The maximum atomic E-state index is 11.5. The minimum Gasteiger partial charge on any atom is -0.489 e. The van der Waals surface area contributed by atoms with Gasteiger partial charge in [-0.05, 0) is 47.2 Å². The lowest BCUT2D eigenvalue weighted by Crippen LogP contribution is -2.06. The molecule has 1 aliphatic carbocycles. The second kappa shape index (κ2) is 9.03. The summed E-state index contributed by atoms with van der Waals surface area (Å²) in [6.45, 7) is 0.485. The summed E-state index contributed by atoms with van der Waals surface area (Å²) in [5.41, 5.74) is 5.53. The average molecular weight is 365 g/mol. The number of oxime groups is 1. The minimum absolute atomic E-state index is 0.198. The Kier molecular flexibility index (Phi) is 6.26. The summed E-state index contributed by atoms with van der Waals surface area (Å²) in [6.07, 6.45) is 5.91. The first-order valence-electron chi connectivity index (χ1n) is 8.85. The Morgan fingerprint density at radius 2 is 1.93 bits per heavy atom. The first kappa shape index (κ1) is 18.7. The number of carbonyl (C=O) groups is 1. The maximum Gasteiger partial charge on any atom is 0.309 e. The third-order valence-corrected chi connectivity index (χ3v) is 4.48. The normalized spacial score (nSPS) is 13.0. The van der Waals surface area contributed by atoms with Crippen LogP contribution in [0.1, 0.15) is 35.1 Å². The molecule has 0 unspecified atom stereocenters. The van der Waals surface area contributed by atoms with E-state index in [0.717, 1.165) is 40.9 Å². The second-order valence-electron chi connectivity index (χ2n) is 6.36. The van der Waals surface area contributed by atoms with Crippen LogP contribution in [0.15, 0.2) is 53.2 Å². The minimum atomic E-state index is -0.198. The molecule has 2 aromatic rings. The van der Waals surface area contributed by atoms with E-state index in [9.17, 15) is 4.79 Å². The van der Waals surface area contributed by atoms with Crippen molar-refractivity contribution in [3.05, 3.63) is 70.3 Å². The molecule has 0 heterocycles. The fraction of sp³-hybridized carbons (Fsp3) is 0.273. The van der Waals surface area contributed by atoms with Crippen LogP contribution in [0.2, 0.25) is 0 Å². The van der Waals surface area contributed by atoms with Crippen LogP contribution < -0.4 is 4.74 Å². The first-order valence-corrected chi connectivity index (χ1v) is 8.85. The highest BCUT2D eigenvalue weighted by molar-refractivity contribution is 5.79. The monoisotopic (exact) mass is 365 g/mol. The van der Waals surface area contributed by atoms with Crippen LogP contribution >= 0.6 is 0 Å². The average Bonchev–Trinajstić information content (AvgIpc) is 2.71. The Labute approximate surface area is 159 Å². The maximum absolute atomic E-state index is 11.5. The van der Waals surface area contributed by atoms with Crippen LogP contribution in [0.3, 0.4) is 0 Å². The molecule has 5 nitrogen and oxygen atoms in total. The number of rotatable bonds is 7. The molecule has 2 aromatic carbocycles. The number of benzene rings is 2. The molecule has 0 spiro atoms. The van der Waals surface area contributed by atoms with Crippen LogP contribution in [0.25, 0.3) is 6.08 Å². The summed E-state index contributed by atoms with van der Waals surface area (Å²) in [6, 6.07) is 14.1. The van der Waals surface area contributed by atoms with Gasteiger partial charge in [0.25, 0.3) is 0 Å². The molecule has 0 radical (unpaired) electrons. The Balaban J connectivity index is 1.64. The van der Waals surface area contributed by atoms with Crippen molar-refractivity contribution in [1.82, 2.24) is 0 Å². The molecule has 5 heteroatoms. The van der Waals surface area contributed by atoms with Crippen LogP contribution in [-0.4, -0.2) is 26.4 Å². The van der Waals surface area contributed by atoms with Gasteiger partial charge in [-0.3, -0.25) is 4.79 Å². The summed E-state index contributed by atoms with van der Waals surface area (Å²) in [5.74, 6) is 0.616. The number of aryl methyl sites for hydroxylation is 1. The van der Waals surface area contributed by atoms with Crippen molar-refractivity contribution >= 4 is 18.3 Å². The molecule has 0 fully saturated rings. The van der Waals surface area contributed by atoms with Gasteiger partial charge in [-0.2, -0.15) is 0 Å². The van der Waals surface area contributed by atoms with Gasteiger partial charge in [0.15, 0.2) is 0 Å². The van der Waals surface area contributed by atoms with E-state index in [1.165, 1.54) is 19.8 Å². The van der Waals surface area contributed by atoms with Gasteiger partial charge in [-0.15, -0.1) is 0 Å². The van der Waals surface area contributed by atoms with Crippen molar-refractivity contribution in [3.8, 4) is 5.75 Å².